The van der Waals surface area contributed by atoms with Crippen LogP contribution in [0.3, 0.4) is 0 Å². The molecular weight excluding hydrogens is 532 g/mol. The lowest BCUT2D eigenvalue weighted by molar-refractivity contribution is -0.146. The van der Waals surface area contributed by atoms with Crippen molar-refractivity contribution in [2.75, 3.05) is 19.7 Å². The molecule has 0 radical (unpaired) electrons. The molecule has 222 valence electrons. The topological polar surface area (TPSA) is 113 Å². The van der Waals surface area contributed by atoms with Gasteiger partial charge in [0.1, 0.15) is 12.1 Å². The van der Waals surface area contributed by atoms with Crippen molar-refractivity contribution in [2.45, 2.75) is 71.3 Å². The first-order valence-corrected chi connectivity index (χ1v) is 14.8. The van der Waals surface area contributed by atoms with Gasteiger partial charge < -0.3 is 20.1 Å². The van der Waals surface area contributed by atoms with E-state index in [1.54, 1.807) is 0 Å². The number of aliphatic carboxylic acids is 1. The first-order valence-electron chi connectivity index (χ1n) is 14.8. The van der Waals surface area contributed by atoms with Gasteiger partial charge in [0.2, 0.25) is 0 Å². The van der Waals surface area contributed by atoms with Crippen molar-refractivity contribution in [2.24, 2.45) is 11.3 Å². The fraction of sp³-hybridized carbons (Fsp3) is 0.471. The molecule has 0 spiro atoms. The maximum Gasteiger partial charge on any atom is 0.408 e. The van der Waals surface area contributed by atoms with Crippen molar-refractivity contribution in [3.8, 4) is 11.1 Å². The number of amides is 1. The highest BCUT2D eigenvalue weighted by Crippen LogP contribution is 2.44. The van der Waals surface area contributed by atoms with Gasteiger partial charge in [0.15, 0.2) is 11.6 Å². The highest BCUT2D eigenvalue weighted by molar-refractivity contribution is 6.22. The second-order valence-corrected chi connectivity index (χ2v) is 13.1. The number of Topliss-reactive ketones (excluding diaryl/α,β-unsaturated/α-hetero) is 2. The molecule has 8 heteroatoms. The number of ketones is 2. The van der Waals surface area contributed by atoms with E-state index >= 15 is 0 Å². The lowest BCUT2D eigenvalue weighted by Gasteiger charge is -2.42. The number of hydrogen-bond donors (Lipinski definition) is 2. The molecule has 1 amide bonds. The predicted molar refractivity (Wildman–Crippen MR) is 159 cm³/mol. The molecule has 2 aromatic carbocycles. The van der Waals surface area contributed by atoms with Crippen LogP contribution in [-0.4, -0.2) is 58.9 Å². The Morgan fingerprint density at radius 3 is 1.98 bits per heavy atom. The summed E-state index contributed by atoms with van der Waals surface area (Å²) in [6.45, 7) is 8.61. The first-order chi connectivity index (χ1) is 19.9. The van der Waals surface area contributed by atoms with Crippen molar-refractivity contribution in [1.82, 2.24) is 10.2 Å². The van der Waals surface area contributed by atoms with Crippen LogP contribution >= 0.6 is 0 Å². The standard InChI is InChI=1S/C34H40N2O6/c1-21(2)17-27(30-28(37)18-33(3,4)19-29(30)38)36-15-13-34(14-16-36,31(39)40)35-32(41)42-20-26-24-11-7-5-9-22(24)23-10-6-8-12-25(23)26/h5-12,21,26H,13-20H2,1-4H3,(H,35,41)(H,39,40). The zero-order valence-electron chi connectivity index (χ0n) is 24.9. The molecule has 42 heavy (non-hydrogen) atoms. The molecule has 1 saturated carbocycles. The average Bonchev–Trinajstić information content (AvgIpc) is 3.24. The molecule has 0 aromatic heterocycles. The number of likely N-dealkylation sites (tertiary alicyclic amines) is 1. The smallest absolute Gasteiger partial charge is 0.408 e. The van der Waals surface area contributed by atoms with Crippen molar-refractivity contribution >= 4 is 23.6 Å². The molecule has 2 N–H and O–H groups in total. The minimum Gasteiger partial charge on any atom is -0.480 e. The summed E-state index contributed by atoms with van der Waals surface area (Å²) >= 11 is 0. The molecule has 5 rings (SSSR count). The molecule has 0 unspecified atom stereocenters. The minimum atomic E-state index is -1.50. The van der Waals surface area contributed by atoms with Gasteiger partial charge >= 0.3 is 12.1 Å². The van der Waals surface area contributed by atoms with E-state index < -0.39 is 17.6 Å². The van der Waals surface area contributed by atoms with Crippen LogP contribution in [-0.2, 0) is 19.1 Å². The Bertz CT molecular complexity index is 1380. The van der Waals surface area contributed by atoms with Gasteiger partial charge in [-0.2, -0.15) is 0 Å². The number of fused-ring (bicyclic) bond motifs is 3. The highest BCUT2D eigenvalue weighted by Gasteiger charge is 2.45. The number of rotatable bonds is 7. The van der Waals surface area contributed by atoms with Crippen molar-refractivity contribution < 1.29 is 29.0 Å². The Hall–Kier alpha value is -3.94. The lowest BCUT2D eigenvalue weighted by atomic mass is 9.73. The van der Waals surface area contributed by atoms with Gasteiger partial charge in [-0.15, -0.1) is 0 Å². The summed E-state index contributed by atoms with van der Waals surface area (Å²) in [5.74, 6) is -1.34. The SMILES string of the molecule is CC(C)CC(=C1C(=O)CC(C)(C)CC1=O)N1CCC(NC(=O)OCC2c3ccccc3-c3ccccc32)(C(=O)O)CC1. The molecule has 1 aliphatic heterocycles. The largest absolute Gasteiger partial charge is 0.480 e. The Morgan fingerprint density at radius 2 is 1.48 bits per heavy atom. The lowest BCUT2D eigenvalue weighted by Crippen LogP contribution is -2.60. The van der Waals surface area contributed by atoms with E-state index in [2.05, 4.69) is 17.4 Å². The fourth-order valence-corrected chi connectivity index (χ4v) is 6.74. The normalized spacial score (nSPS) is 19.4. The molecule has 8 nitrogen and oxygen atoms in total. The number of ether oxygens (including phenoxy) is 1. The van der Waals surface area contributed by atoms with Crippen LogP contribution < -0.4 is 5.32 Å². The Balaban J connectivity index is 1.29. The summed E-state index contributed by atoms with van der Waals surface area (Å²) in [7, 11) is 0. The van der Waals surface area contributed by atoms with E-state index in [0.717, 1.165) is 22.3 Å². The molecule has 0 atom stereocenters. The second kappa shape index (κ2) is 11.4. The number of nitrogens with one attached hydrogen (secondary N) is 1. The van der Waals surface area contributed by atoms with Crippen LogP contribution in [0, 0.1) is 11.3 Å². The Labute approximate surface area is 247 Å². The van der Waals surface area contributed by atoms with E-state index in [-0.39, 0.29) is 53.8 Å². The van der Waals surface area contributed by atoms with Crippen LogP contribution in [0.25, 0.3) is 11.1 Å². The number of benzene rings is 2. The van der Waals surface area contributed by atoms with Crippen LogP contribution in [0.4, 0.5) is 4.79 Å². The quantitative estimate of drug-likeness (QED) is 0.323. The zero-order chi connectivity index (χ0) is 30.2. The minimum absolute atomic E-state index is 0.0902. The number of hydrogen-bond acceptors (Lipinski definition) is 6. The average molecular weight is 573 g/mol. The second-order valence-electron chi connectivity index (χ2n) is 13.1. The molecule has 2 aromatic rings. The van der Waals surface area contributed by atoms with Gasteiger partial charge in [-0.05, 0) is 52.8 Å². The van der Waals surface area contributed by atoms with E-state index in [0.29, 0.717) is 38.0 Å². The molecule has 3 aliphatic rings. The number of carboxylic acid groups (broad SMARTS) is 1. The third-order valence-electron chi connectivity index (χ3n) is 8.82. The number of piperidine rings is 1. The van der Waals surface area contributed by atoms with Gasteiger partial charge in [0.05, 0.1) is 5.57 Å². The Morgan fingerprint density at radius 1 is 0.952 bits per heavy atom. The van der Waals surface area contributed by atoms with Crippen molar-refractivity contribution in [1.29, 1.82) is 0 Å². The number of carboxylic acids is 1. The third-order valence-corrected chi connectivity index (χ3v) is 8.82. The molecule has 1 saturated heterocycles. The van der Waals surface area contributed by atoms with E-state index in [1.165, 1.54) is 0 Å². The maximum atomic E-state index is 13.1. The van der Waals surface area contributed by atoms with E-state index in [4.69, 9.17) is 4.74 Å². The van der Waals surface area contributed by atoms with Crippen LogP contribution in [0.15, 0.2) is 59.8 Å². The number of carbonyl (C=O) groups excluding carboxylic acids is 3. The monoisotopic (exact) mass is 572 g/mol. The van der Waals surface area contributed by atoms with E-state index in [9.17, 15) is 24.3 Å². The van der Waals surface area contributed by atoms with Gasteiger partial charge in [0.25, 0.3) is 0 Å². The molecule has 2 fully saturated rings. The summed E-state index contributed by atoms with van der Waals surface area (Å²) < 4.78 is 5.66. The van der Waals surface area contributed by atoms with Crippen LogP contribution in [0.5, 0.6) is 0 Å². The van der Waals surface area contributed by atoms with Crippen LogP contribution in [0.2, 0.25) is 0 Å². The fourth-order valence-electron chi connectivity index (χ4n) is 6.74. The zero-order valence-corrected chi connectivity index (χ0v) is 24.9. The summed E-state index contributed by atoms with van der Waals surface area (Å²) in [6.07, 6.45) is 0.642. The van der Waals surface area contributed by atoms with Gasteiger partial charge in [0, 0.05) is 37.5 Å². The first kappa shape index (κ1) is 29.5. The van der Waals surface area contributed by atoms with E-state index in [1.807, 2.05) is 69.0 Å². The van der Waals surface area contributed by atoms with Gasteiger partial charge in [-0.25, -0.2) is 9.59 Å². The van der Waals surface area contributed by atoms with Crippen molar-refractivity contribution in [3.63, 3.8) is 0 Å². The van der Waals surface area contributed by atoms with Gasteiger partial charge in [-0.1, -0.05) is 76.2 Å². The summed E-state index contributed by atoms with van der Waals surface area (Å²) in [6, 6.07) is 16.1. The number of nitrogens with zero attached hydrogens (tertiary/aromatic N) is 1. The number of allylic oxidation sites excluding steroid dienone is 2. The highest BCUT2D eigenvalue weighted by atomic mass is 16.5. The van der Waals surface area contributed by atoms with Crippen LogP contribution in [0.1, 0.15) is 76.8 Å². The molecular formula is C34H40N2O6. The summed E-state index contributed by atoms with van der Waals surface area (Å²) in [5.41, 5.74) is 3.49. The van der Waals surface area contributed by atoms with Gasteiger partial charge in [-0.3, -0.25) is 9.59 Å². The summed E-state index contributed by atoms with van der Waals surface area (Å²) in [4.78, 5) is 53.8. The molecule has 2 aliphatic carbocycles. The molecule has 0 bridgehead atoms. The maximum absolute atomic E-state index is 13.1. The van der Waals surface area contributed by atoms with Crippen molar-refractivity contribution in [3.05, 3.63) is 70.9 Å². The molecule has 1 heterocycles. The Kier molecular flexibility index (Phi) is 8.01. The number of alkyl carbamates (subject to hydrolysis) is 1. The predicted octanol–water partition coefficient (Wildman–Crippen LogP) is 5.70. The summed E-state index contributed by atoms with van der Waals surface area (Å²) in [5, 5.41) is 12.9. The third kappa shape index (κ3) is 5.72. The number of carbonyl (C=O) groups is 4.